The third-order valence-electron chi connectivity index (χ3n) is 5.84. The Morgan fingerprint density at radius 3 is 2.31 bits per heavy atom. The number of ketones is 1. The van der Waals surface area contributed by atoms with E-state index in [9.17, 15) is 19.2 Å². The zero-order chi connectivity index (χ0) is 22.8. The molecule has 166 valence electrons. The summed E-state index contributed by atoms with van der Waals surface area (Å²) >= 11 is 0. The molecule has 3 amide bonds. The van der Waals surface area contributed by atoms with Crippen molar-refractivity contribution < 1.29 is 23.9 Å². The van der Waals surface area contributed by atoms with E-state index >= 15 is 0 Å². The molecule has 0 atom stereocenters. The van der Waals surface area contributed by atoms with Crippen molar-refractivity contribution in [2.45, 2.75) is 20.4 Å². The second-order valence-electron chi connectivity index (χ2n) is 8.01. The lowest BCUT2D eigenvalue weighted by Gasteiger charge is -2.34. The van der Waals surface area contributed by atoms with Gasteiger partial charge in [-0.25, -0.2) is 0 Å². The summed E-state index contributed by atoms with van der Waals surface area (Å²) < 4.78 is 5.51. The number of anilines is 1. The molecule has 0 N–H and O–H groups in total. The van der Waals surface area contributed by atoms with Crippen LogP contribution in [0.25, 0.3) is 0 Å². The van der Waals surface area contributed by atoms with E-state index in [0.717, 1.165) is 5.56 Å². The molecule has 2 aliphatic heterocycles. The number of piperazine rings is 1. The lowest BCUT2D eigenvalue weighted by atomic mass is 10.1. The largest absolute Gasteiger partial charge is 0.482 e. The van der Waals surface area contributed by atoms with Crippen LogP contribution in [-0.4, -0.2) is 66.1 Å². The van der Waals surface area contributed by atoms with Crippen LogP contribution in [-0.2, 0) is 16.1 Å². The molecular formula is C24H25N3O5. The summed E-state index contributed by atoms with van der Waals surface area (Å²) in [5.74, 6) is 0.161. The second-order valence-corrected chi connectivity index (χ2v) is 8.01. The molecule has 0 bridgehead atoms. The molecule has 0 saturated carbocycles. The van der Waals surface area contributed by atoms with Gasteiger partial charge in [-0.3, -0.25) is 19.2 Å². The van der Waals surface area contributed by atoms with Gasteiger partial charge in [0.15, 0.2) is 12.4 Å². The Hall–Kier alpha value is -3.68. The van der Waals surface area contributed by atoms with Gasteiger partial charge in [-0.2, -0.15) is 0 Å². The van der Waals surface area contributed by atoms with Crippen molar-refractivity contribution >= 4 is 29.2 Å². The Morgan fingerprint density at radius 1 is 0.906 bits per heavy atom. The fraction of sp³-hybridized carbons (Fsp3) is 0.333. The first-order valence-corrected chi connectivity index (χ1v) is 10.6. The van der Waals surface area contributed by atoms with E-state index in [4.69, 9.17) is 4.74 Å². The summed E-state index contributed by atoms with van der Waals surface area (Å²) in [5.41, 5.74) is 2.39. The lowest BCUT2D eigenvalue weighted by Crippen LogP contribution is -2.50. The van der Waals surface area contributed by atoms with Crippen molar-refractivity contribution in [3.63, 3.8) is 0 Å². The van der Waals surface area contributed by atoms with Crippen molar-refractivity contribution in [3.05, 3.63) is 59.2 Å². The molecule has 1 saturated heterocycles. The van der Waals surface area contributed by atoms with Crippen LogP contribution in [0.4, 0.5) is 5.69 Å². The molecular weight excluding hydrogens is 410 g/mol. The molecule has 2 aliphatic rings. The maximum atomic E-state index is 13.0. The topological polar surface area (TPSA) is 87.2 Å². The highest BCUT2D eigenvalue weighted by molar-refractivity contribution is 6.01. The molecule has 0 radical (unpaired) electrons. The molecule has 4 rings (SSSR count). The Labute approximate surface area is 186 Å². The average Bonchev–Trinajstić information content (AvgIpc) is 2.80. The number of nitrogens with zero attached hydrogens (tertiary/aromatic N) is 3. The van der Waals surface area contributed by atoms with Crippen molar-refractivity contribution in [1.82, 2.24) is 9.80 Å². The number of carbonyl (C=O) groups excluding carboxylic acids is 4. The van der Waals surface area contributed by atoms with E-state index in [-0.39, 0.29) is 36.7 Å². The minimum Gasteiger partial charge on any atom is -0.482 e. The highest BCUT2D eigenvalue weighted by Crippen LogP contribution is 2.34. The van der Waals surface area contributed by atoms with E-state index in [1.54, 1.807) is 51.1 Å². The summed E-state index contributed by atoms with van der Waals surface area (Å²) in [7, 11) is 0. The summed E-state index contributed by atoms with van der Waals surface area (Å²) in [4.78, 5) is 54.0. The molecule has 0 aliphatic carbocycles. The summed E-state index contributed by atoms with van der Waals surface area (Å²) in [6.07, 6.45) is 0. The monoisotopic (exact) mass is 435 g/mol. The Morgan fingerprint density at radius 2 is 1.62 bits per heavy atom. The Bertz CT molecular complexity index is 1090. The number of rotatable bonds is 4. The van der Waals surface area contributed by atoms with Crippen LogP contribution in [0.15, 0.2) is 42.5 Å². The van der Waals surface area contributed by atoms with Crippen LogP contribution in [0.2, 0.25) is 0 Å². The Kier molecular flexibility index (Phi) is 5.94. The van der Waals surface area contributed by atoms with Crippen LogP contribution < -0.4 is 9.64 Å². The van der Waals surface area contributed by atoms with Crippen LogP contribution >= 0.6 is 0 Å². The first kappa shape index (κ1) is 21.5. The van der Waals surface area contributed by atoms with Gasteiger partial charge in [-0.15, -0.1) is 0 Å². The molecule has 2 aromatic rings. The fourth-order valence-electron chi connectivity index (χ4n) is 3.99. The van der Waals surface area contributed by atoms with Crippen LogP contribution in [0.3, 0.4) is 0 Å². The molecule has 0 aromatic heterocycles. The average molecular weight is 435 g/mol. The molecule has 1 fully saturated rings. The van der Waals surface area contributed by atoms with Crippen molar-refractivity contribution in [2.24, 2.45) is 0 Å². The highest BCUT2D eigenvalue weighted by Gasteiger charge is 2.27. The molecule has 8 nitrogen and oxygen atoms in total. The van der Waals surface area contributed by atoms with E-state index in [2.05, 4.69) is 0 Å². The van der Waals surface area contributed by atoms with Gasteiger partial charge in [-0.05, 0) is 42.8 Å². The minimum absolute atomic E-state index is 0.0162. The molecule has 2 aromatic carbocycles. The lowest BCUT2D eigenvalue weighted by molar-refractivity contribution is -0.130. The minimum atomic E-state index is -0.213. The molecule has 8 heteroatoms. The van der Waals surface area contributed by atoms with Gasteiger partial charge in [0.25, 0.3) is 11.8 Å². The van der Waals surface area contributed by atoms with Gasteiger partial charge in [0.2, 0.25) is 5.91 Å². The van der Waals surface area contributed by atoms with E-state index in [1.807, 2.05) is 6.07 Å². The van der Waals surface area contributed by atoms with Crippen molar-refractivity contribution in [2.75, 3.05) is 37.7 Å². The maximum Gasteiger partial charge on any atom is 0.265 e. The first-order chi connectivity index (χ1) is 15.3. The third-order valence-corrected chi connectivity index (χ3v) is 5.84. The van der Waals surface area contributed by atoms with Crippen LogP contribution in [0.1, 0.15) is 40.1 Å². The number of hydrogen-bond donors (Lipinski definition) is 0. The number of hydrogen-bond acceptors (Lipinski definition) is 5. The first-order valence-electron chi connectivity index (χ1n) is 10.6. The normalized spacial score (nSPS) is 15.8. The standard InChI is InChI=1S/C24H25N3O5/c1-16(28)19-6-7-22-21(13-19)27(23(30)15-32-22)14-18-4-3-5-20(12-18)24(31)26-10-8-25(9-11-26)17(2)29/h3-7,12-13H,8-11,14-15H2,1-2H3. The van der Waals surface area contributed by atoms with Gasteiger partial charge in [-0.1, -0.05) is 12.1 Å². The van der Waals surface area contributed by atoms with E-state index in [0.29, 0.717) is 48.7 Å². The van der Waals surface area contributed by atoms with Crippen molar-refractivity contribution in [3.8, 4) is 5.75 Å². The second kappa shape index (κ2) is 8.82. The third kappa shape index (κ3) is 4.34. The number of fused-ring (bicyclic) bond motifs is 1. The number of Topliss-reactive ketones (excluding diaryl/α,β-unsaturated/α-hetero) is 1. The molecule has 0 spiro atoms. The number of benzene rings is 2. The molecule has 0 unspecified atom stereocenters. The van der Waals surface area contributed by atoms with Gasteiger partial charge in [0, 0.05) is 44.2 Å². The Balaban J connectivity index is 1.53. The quantitative estimate of drug-likeness (QED) is 0.687. The van der Waals surface area contributed by atoms with Gasteiger partial charge in [0.1, 0.15) is 5.75 Å². The smallest absolute Gasteiger partial charge is 0.265 e. The zero-order valence-electron chi connectivity index (χ0n) is 18.2. The number of amides is 3. The summed E-state index contributed by atoms with van der Waals surface area (Å²) in [6.45, 7) is 5.23. The summed E-state index contributed by atoms with van der Waals surface area (Å²) in [6, 6.07) is 12.3. The van der Waals surface area contributed by atoms with E-state index in [1.165, 1.54) is 13.8 Å². The van der Waals surface area contributed by atoms with Gasteiger partial charge in [0.05, 0.1) is 12.2 Å². The number of ether oxygens (including phenoxy) is 1. The van der Waals surface area contributed by atoms with Gasteiger partial charge >= 0.3 is 0 Å². The zero-order valence-corrected chi connectivity index (χ0v) is 18.2. The highest BCUT2D eigenvalue weighted by atomic mass is 16.5. The van der Waals surface area contributed by atoms with Crippen LogP contribution in [0, 0.1) is 0 Å². The molecule has 32 heavy (non-hydrogen) atoms. The van der Waals surface area contributed by atoms with Gasteiger partial charge < -0.3 is 19.4 Å². The molecule has 2 heterocycles. The van der Waals surface area contributed by atoms with Crippen LogP contribution in [0.5, 0.6) is 5.75 Å². The predicted octanol–water partition coefficient (Wildman–Crippen LogP) is 2.12. The SMILES string of the molecule is CC(=O)c1ccc2c(c1)N(Cc1cccc(C(=O)N3CCN(C(C)=O)CC3)c1)C(=O)CO2. The number of carbonyl (C=O) groups is 4. The predicted molar refractivity (Wildman–Crippen MR) is 118 cm³/mol. The summed E-state index contributed by atoms with van der Waals surface area (Å²) in [5, 5.41) is 0. The van der Waals surface area contributed by atoms with E-state index < -0.39 is 0 Å². The van der Waals surface area contributed by atoms with Crippen molar-refractivity contribution in [1.29, 1.82) is 0 Å². The fourth-order valence-corrected chi connectivity index (χ4v) is 3.99. The maximum absolute atomic E-state index is 13.0.